The monoisotopic (exact) mass is 214 g/mol. The van der Waals surface area contributed by atoms with E-state index in [2.05, 4.69) is 0 Å². The normalized spacial score (nSPS) is 13.6. The number of hydrogen-bond donors (Lipinski definition) is 2. The molecule has 0 saturated carbocycles. The molecule has 0 saturated heterocycles. The maximum atomic E-state index is 10.8. The molecule has 0 rings (SSSR count). The van der Waals surface area contributed by atoms with Crippen molar-refractivity contribution in [3.8, 4) is 0 Å². The van der Waals surface area contributed by atoms with Gasteiger partial charge >= 0.3 is 11.9 Å². The van der Waals surface area contributed by atoms with E-state index in [1.807, 2.05) is 13.8 Å². The van der Waals surface area contributed by atoms with Crippen LogP contribution in [-0.4, -0.2) is 22.2 Å². The Hall–Kier alpha value is -1.32. The molecule has 0 heterocycles. The molecule has 0 aromatic carbocycles. The summed E-state index contributed by atoms with van der Waals surface area (Å²) in [6, 6.07) is 0. The van der Waals surface area contributed by atoms with Crippen LogP contribution in [0.15, 0.2) is 11.6 Å². The van der Waals surface area contributed by atoms with Gasteiger partial charge in [-0.25, -0.2) is 4.79 Å². The SMILES string of the molecule is CCCC(C=C(CC(=O)O)C(=O)O)CC. The molecular formula is C11H18O4. The smallest absolute Gasteiger partial charge is 0.331 e. The van der Waals surface area contributed by atoms with Gasteiger partial charge in [-0.2, -0.15) is 0 Å². The third-order valence-corrected chi connectivity index (χ3v) is 2.24. The zero-order valence-corrected chi connectivity index (χ0v) is 9.19. The average Bonchev–Trinajstić information content (AvgIpc) is 2.14. The van der Waals surface area contributed by atoms with Crippen molar-refractivity contribution in [2.75, 3.05) is 0 Å². The van der Waals surface area contributed by atoms with Crippen molar-refractivity contribution in [1.82, 2.24) is 0 Å². The van der Waals surface area contributed by atoms with Gasteiger partial charge in [-0.1, -0.05) is 26.3 Å². The minimum absolute atomic E-state index is 0.0113. The van der Waals surface area contributed by atoms with E-state index in [-0.39, 0.29) is 11.5 Å². The molecule has 1 unspecified atom stereocenters. The highest BCUT2D eigenvalue weighted by atomic mass is 16.4. The Balaban J connectivity index is 4.63. The number of rotatable bonds is 7. The summed E-state index contributed by atoms with van der Waals surface area (Å²) in [4.78, 5) is 21.2. The van der Waals surface area contributed by atoms with Crippen LogP contribution in [-0.2, 0) is 9.59 Å². The van der Waals surface area contributed by atoms with Crippen LogP contribution >= 0.6 is 0 Å². The third kappa shape index (κ3) is 5.88. The predicted molar refractivity (Wildman–Crippen MR) is 56.7 cm³/mol. The van der Waals surface area contributed by atoms with E-state index in [1.54, 1.807) is 6.08 Å². The van der Waals surface area contributed by atoms with E-state index in [1.165, 1.54) is 0 Å². The fourth-order valence-electron chi connectivity index (χ4n) is 1.43. The highest BCUT2D eigenvalue weighted by Gasteiger charge is 2.14. The lowest BCUT2D eigenvalue weighted by molar-refractivity contribution is -0.139. The van der Waals surface area contributed by atoms with Crippen LogP contribution in [0.3, 0.4) is 0 Å². The average molecular weight is 214 g/mol. The van der Waals surface area contributed by atoms with Crippen LogP contribution < -0.4 is 0 Å². The Kier molecular flexibility index (Phi) is 6.42. The van der Waals surface area contributed by atoms with Crippen LogP contribution in [0.1, 0.15) is 39.5 Å². The van der Waals surface area contributed by atoms with Gasteiger partial charge in [0, 0.05) is 5.57 Å². The van der Waals surface area contributed by atoms with Gasteiger partial charge in [-0.3, -0.25) is 4.79 Å². The minimum Gasteiger partial charge on any atom is -0.481 e. The number of aliphatic carboxylic acids is 2. The lowest BCUT2D eigenvalue weighted by Gasteiger charge is -2.09. The summed E-state index contributed by atoms with van der Waals surface area (Å²) < 4.78 is 0. The van der Waals surface area contributed by atoms with Crippen molar-refractivity contribution in [2.45, 2.75) is 39.5 Å². The molecule has 2 N–H and O–H groups in total. The standard InChI is InChI=1S/C11H18O4/c1-3-5-8(4-2)6-9(11(14)15)7-10(12)13/h6,8H,3-5,7H2,1-2H3,(H,12,13)(H,14,15). The van der Waals surface area contributed by atoms with Gasteiger partial charge in [-0.15, -0.1) is 0 Å². The Morgan fingerprint density at radius 3 is 2.20 bits per heavy atom. The van der Waals surface area contributed by atoms with Gasteiger partial charge in [-0.05, 0) is 18.8 Å². The molecule has 0 aromatic rings. The molecular weight excluding hydrogens is 196 g/mol. The van der Waals surface area contributed by atoms with Crippen molar-refractivity contribution in [2.24, 2.45) is 5.92 Å². The molecule has 0 aliphatic heterocycles. The van der Waals surface area contributed by atoms with E-state index in [0.29, 0.717) is 0 Å². The van der Waals surface area contributed by atoms with Gasteiger partial charge in [0.15, 0.2) is 0 Å². The highest BCUT2D eigenvalue weighted by Crippen LogP contribution is 2.16. The van der Waals surface area contributed by atoms with E-state index in [4.69, 9.17) is 10.2 Å². The van der Waals surface area contributed by atoms with Gasteiger partial charge < -0.3 is 10.2 Å². The molecule has 0 radical (unpaired) electrons. The lowest BCUT2D eigenvalue weighted by Crippen LogP contribution is -2.09. The van der Waals surface area contributed by atoms with Crippen LogP contribution in [0, 0.1) is 5.92 Å². The molecule has 15 heavy (non-hydrogen) atoms. The number of carboxylic acid groups (broad SMARTS) is 2. The molecule has 4 heteroatoms. The lowest BCUT2D eigenvalue weighted by atomic mass is 9.96. The molecule has 0 amide bonds. The van der Waals surface area contributed by atoms with Crippen molar-refractivity contribution in [3.05, 3.63) is 11.6 Å². The zero-order valence-electron chi connectivity index (χ0n) is 9.19. The molecule has 4 nitrogen and oxygen atoms in total. The van der Waals surface area contributed by atoms with Gasteiger partial charge in [0.1, 0.15) is 0 Å². The molecule has 0 fully saturated rings. The predicted octanol–water partition coefficient (Wildman–Crippen LogP) is 2.30. The van der Waals surface area contributed by atoms with Crippen LogP contribution in [0.5, 0.6) is 0 Å². The van der Waals surface area contributed by atoms with Crippen LogP contribution in [0.4, 0.5) is 0 Å². The van der Waals surface area contributed by atoms with Crippen LogP contribution in [0.2, 0.25) is 0 Å². The first-order valence-corrected chi connectivity index (χ1v) is 5.17. The van der Waals surface area contributed by atoms with Gasteiger partial charge in [0.25, 0.3) is 0 Å². The van der Waals surface area contributed by atoms with Crippen molar-refractivity contribution in [3.63, 3.8) is 0 Å². The Bertz CT molecular complexity index is 255. The second kappa shape index (κ2) is 7.04. The molecule has 0 aliphatic rings. The zero-order chi connectivity index (χ0) is 11.8. The Morgan fingerprint density at radius 1 is 1.27 bits per heavy atom. The molecule has 0 aromatic heterocycles. The highest BCUT2D eigenvalue weighted by molar-refractivity contribution is 5.92. The number of carbonyl (C=O) groups is 2. The second-order valence-corrected chi connectivity index (χ2v) is 3.52. The first kappa shape index (κ1) is 13.7. The number of allylic oxidation sites excluding steroid dienone is 1. The summed E-state index contributed by atoms with van der Waals surface area (Å²) in [6.07, 6.45) is 3.88. The fourth-order valence-corrected chi connectivity index (χ4v) is 1.43. The molecule has 1 atom stereocenters. The molecule has 86 valence electrons. The molecule has 0 bridgehead atoms. The van der Waals surface area contributed by atoms with Crippen molar-refractivity contribution >= 4 is 11.9 Å². The van der Waals surface area contributed by atoms with E-state index >= 15 is 0 Å². The summed E-state index contributed by atoms with van der Waals surface area (Å²) in [6.45, 7) is 3.99. The summed E-state index contributed by atoms with van der Waals surface area (Å²) >= 11 is 0. The van der Waals surface area contributed by atoms with Gasteiger partial charge in [0.05, 0.1) is 6.42 Å². The maximum Gasteiger partial charge on any atom is 0.331 e. The Labute approximate surface area is 89.6 Å². The van der Waals surface area contributed by atoms with Crippen molar-refractivity contribution < 1.29 is 19.8 Å². The summed E-state index contributed by atoms with van der Waals surface area (Å²) in [5, 5.41) is 17.3. The number of carboxylic acids is 2. The summed E-state index contributed by atoms with van der Waals surface area (Å²) in [5.41, 5.74) is -0.0113. The first-order valence-electron chi connectivity index (χ1n) is 5.17. The quantitative estimate of drug-likeness (QED) is 0.637. The molecule has 0 spiro atoms. The first-order chi connectivity index (χ1) is 7.01. The second-order valence-electron chi connectivity index (χ2n) is 3.52. The van der Waals surface area contributed by atoms with Crippen molar-refractivity contribution in [1.29, 1.82) is 0 Å². The van der Waals surface area contributed by atoms with E-state index in [9.17, 15) is 9.59 Å². The van der Waals surface area contributed by atoms with E-state index < -0.39 is 18.4 Å². The summed E-state index contributed by atoms with van der Waals surface area (Å²) in [5.74, 6) is -2.07. The largest absolute Gasteiger partial charge is 0.481 e. The molecule has 0 aliphatic carbocycles. The van der Waals surface area contributed by atoms with E-state index in [0.717, 1.165) is 19.3 Å². The minimum atomic E-state index is -1.13. The Morgan fingerprint density at radius 2 is 1.87 bits per heavy atom. The topological polar surface area (TPSA) is 74.6 Å². The maximum absolute atomic E-state index is 10.8. The van der Waals surface area contributed by atoms with Crippen LogP contribution in [0.25, 0.3) is 0 Å². The van der Waals surface area contributed by atoms with Gasteiger partial charge in [0.2, 0.25) is 0 Å². The fraction of sp³-hybridized carbons (Fsp3) is 0.636. The summed E-state index contributed by atoms with van der Waals surface area (Å²) in [7, 11) is 0. The number of hydrogen-bond acceptors (Lipinski definition) is 2. The third-order valence-electron chi connectivity index (χ3n) is 2.24.